The number of ether oxygens (including phenoxy) is 1. The second-order valence-corrected chi connectivity index (χ2v) is 6.76. The molecule has 0 spiro atoms. The smallest absolute Gasteiger partial charge is 0.407 e. The number of amides is 1. The molecule has 1 aliphatic heterocycles. The van der Waals surface area contributed by atoms with E-state index in [0.29, 0.717) is 18.7 Å². The number of hydrogen-bond donors (Lipinski definition) is 2. The minimum Gasteiger partial charge on any atom is -0.445 e. The van der Waals surface area contributed by atoms with Crippen LogP contribution in [0, 0.1) is 0 Å². The average Bonchev–Trinajstić information content (AvgIpc) is 3.01. The van der Waals surface area contributed by atoms with Crippen molar-refractivity contribution in [3.8, 4) is 0 Å². The van der Waals surface area contributed by atoms with Crippen molar-refractivity contribution in [2.75, 3.05) is 13.1 Å². The molecule has 1 aliphatic carbocycles. The Morgan fingerprint density at radius 1 is 1.17 bits per heavy atom. The van der Waals surface area contributed by atoms with E-state index in [4.69, 9.17) is 10.5 Å². The fourth-order valence-electron chi connectivity index (χ4n) is 3.66. The summed E-state index contributed by atoms with van der Waals surface area (Å²) in [4.78, 5) is 14.4. The highest BCUT2D eigenvalue weighted by molar-refractivity contribution is 5.67. The van der Waals surface area contributed by atoms with E-state index in [-0.39, 0.29) is 12.1 Å². The average molecular weight is 317 g/mol. The van der Waals surface area contributed by atoms with Crippen molar-refractivity contribution in [1.82, 2.24) is 10.2 Å². The summed E-state index contributed by atoms with van der Waals surface area (Å²) in [5.74, 6) is 0. The third-order valence-corrected chi connectivity index (χ3v) is 5.00. The fourth-order valence-corrected chi connectivity index (χ4v) is 3.66. The van der Waals surface area contributed by atoms with Crippen molar-refractivity contribution >= 4 is 6.09 Å². The first kappa shape index (κ1) is 16.3. The molecule has 126 valence electrons. The standard InChI is InChI=1S/C18H27N3O2/c19-15-10-11-21(12-15)17-8-6-16(7-9-17)20-18(22)23-13-14-4-2-1-3-5-14/h1-5,15-17H,6-13,19H2,(H,20,22). The van der Waals surface area contributed by atoms with Gasteiger partial charge in [-0.15, -0.1) is 0 Å². The summed E-state index contributed by atoms with van der Waals surface area (Å²) in [7, 11) is 0. The highest BCUT2D eigenvalue weighted by atomic mass is 16.5. The van der Waals surface area contributed by atoms with Crippen LogP contribution in [0.1, 0.15) is 37.7 Å². The molecule has 0 aromatic heterocycles. The van der Waals surface area contributed by atoms with Gasteiger partial charge in [0.05, 0.1) is 0 Å². The van der Waals surface area contributed by atoms with Crippen LogP contribution in [0.2, 0.25) is 0 Å². The van der Waals surface area contributed by atoms with Gasteiger partial charge in [-0.05, 0) is 37.7 Å². The maximum atomic E-state index is 11.9. The van der Waals surface area contributed by atoms with Crippen LogP contribution in [0.4, 0.5) is 4.79 Å². The van der Waals surface area contributed by atoms with Gasteiger partial charge in [0, 0.05) is 31.2 Å². The Morgan fingerprint density at radius 2 is 1.91 bits per heavy atom. The molecule has 1 amide bonds. The Kier molecular flexibility index (Phi) is 5.51. The van der Waals surface area contributed by atoms with Gasteiger partial charge in [-0.1, -0.05) is 30.3 Å². The summed E-state index contributed by atoms with van der Waals surface area (Å²) in [6.45, 7) is 2.48. The zero-order valence-electron chi connectivity index (χ0n) is 13.6. The quantitative estimate of drug-likeness (QED) is 0.894. The lowest BCUT2D eigenvalue weighted by Gasteiger charge is -2.34. The molecule has 1 saturated heterocycles. The molecule has 0 bridgehead atoms. The Labute approximate surface area is 138 Å². The fraction of sp³-hybridized carbons (Fsp3) is 0.611. The molecule has 3 N–H and O–H groups in total. The lowest BCUT2D eigenvalue weighted by molar-refractivity contribution is 0.125. The number of likely N-dealkylation sites (tertiary alicyclic amines) is 1. The number of carbonyl (C=O) groups excluding carboxylic acids is 1. The van der Waals surface area contributed by atoms with Gasteiger partial charge in [-0.3, -0.25) is 4.90 Å². The van der Waals surface area contributed by atoms with Crippen molar-refractivity contribution in [1.29, 1.82) is 0 Å². The van der Waals surface area contributed by atoms with Crippen LogP contribution in [-0.2, 0) is 11.3 Å². The minimum atomic E-state index is -0.305. The zero-order valence-corrected chi connectivity index (χ0v) is 13.6. The number of nitrogens with one attached hydrogen (secondary N) is 1. The van der Waals surface area contributed by atoms with Crippen molar-refractivity contribution in [2.45, 2.75) is 56.8 Å². The molecule has 1 heterocycles. The summed E-state index contributed by atoms with van der Waals surface area (Å²) >= 11 is 0. The Bertz CT molecular complexity index is 500. The Morgan fingerprint density at radius 3 is 2.57 bits per heavy atom. The van der Waals surface area contributed by atoms with Crippen LogP contribution in [0.3, 0.4) is 0 Å². The molecule has 1 unspecified atom stereocenters. The largest absolute Gasteiger partial charge is 0.445 e. The number of nitrogens with two attached hydrogens (primary N) is 1. The van der Waals surface area contributed by atoms with Gasteiger partial charge in [0.1, 0.15) is 6.61 Å². The first-order valence-corrected chi connectivity index (χ1v) is 8.67. The third kappa shape index (κ3) is 4.69. The van der Waals surface area contributed by atoms with Crippen LogP contribution < -0.4 is 11.1 Å². The maximum Gasteiger partial charge on any atom is 0.407 e. The summed E-state index contributed by atoms with van der Waals surface area (Å²) in [6.07, 6.45) is 5.13. The molecule has 23 heavy (non-hydrogen) atoms. The van der Waals surface area contributed by atoms with Crippen molar-refractivity contribution in [3.63, 3.8) is 0 Å². The summed E-state index contributed by atoms with van der Waals surface area (Å²) in [5.41, 5.74) is 7.00. The Balaban J connectivity index is 1.36. The topological polar surface area (TPSA) is 67.6 Å². The molecule has 3 rings (SSSR count). The van der Waals surface area contributed by atoms with E-state index in [1.165, 1.54) is 0 Å². The predicted molar refractivity (Wildman–Crippen MR) is 90.0 cm³/mol. The summed E-state index contributed by atoms with van der Waals surface area (Å²) in [5, 5.41) is 3.00. The maximum absolute atomic E-state index is 11.9. The molecule has 0 radical (unpaired) electrons. The van der Waals surface area contributed by atoms with Crippen LogP contribution in [0.5, 0.6) is 0 Å². The number of nitrogens with zero attached hydrogens (tertiary/aromatic N) is 1. The van der Waals surface area contributed by atoms with E-state index in [1.807, 2.05) is 30.3 Å². The lowest BCUT2D eigenvalue weighted by Crippen LogP contribution is -2.44. The van der Waals surface area contributed by atoms with E-state index in [9.17, 15) is 4.79 Å². The van der Waals surface area contributed by atoms with E-state index >= 15 is 0 Å². The molecule has 1 saturated carbocycles. The highest BCUT2D eigenvalue weighted by Gasteiger charge is 2.30. The summed E-state index contributed by atoms with van der Waals surface area (Å²) < 4.78 is 5.29. The Hall–Kier alpha value is -1.59. The minimum absolute atomic E-state index is 0.241. The van der Waals surface area contributed by atoms with Gasteiger partial charge in [-0.25, -0.2) is 4.79 Å². The van der Waals surface area contributed by atoms with Gasteiger partial charge in [0.2, 0.25) is 0 Å². The summed E-state index contributed by atoms with van der Waals surface area (Å²) in [6, 6.07) is 11.0. The van der Waals surface area contributed by atoms with E-state index in [2.05, 4.69) is 10.2 Å². The zero-order chi connectivity index (χ0) is 16.1. The molecule has 5 heteroatoms. The monoisotopic (exact) mass is 317 g/mol. The van der Waals surface area contributed by atoms with Gasteiger partial charge < -0.3 is 15.8 Å². The molecule has 5 nitrogen and oxygen atoms in total. The highest BCUT2D eigenvalue weighted by Crippen LogP contribution is 2.25. The van der Waals surface area contributed by atoms with Gasteiger partial charge in [0.15, 0.2) is 0 Å². The second kappa shape index (κ2) is 7.79. The normalized spacial score (nSPS) is 28.5. The molecular weight excluding hydrogens is 290 g/mol. The van der Waals surface area contributed by atoms with Gasteiger partial charge in [0.25, 0.3) is 0 Å². The molecule has 1 atom stereocenters. The molecule has 1 aromatic carbocycles. The van der Waals surface area contributed by atoms with Crippen molar-refractivity contribution in [3.05, 3.63) is 35.9 Å². The van der Waals surface area contributed by atoms with Crippen LogP contribution >= 0.6 is 0 Å². The SMILES string of the molecule is NC1CCN(C2CCC(NC(=O)OCc3ccccc3)CC2)C1. The number of hydrogen-bond acceptors (Lipinski definition) is 4. The van der Waals surface area contributed by atoms with Crippen molar-refractivity contribution in [2.24, 2.45) is 5.73 Å². The number of benzene rings is 1. The van der Waals surface area contributed by atoms with Crippen LogP contribution in [0.15, 0.2) is 30.3 Å². The van der Waals surface area contributed by atoms with Gasteiger partial charge >= 0.3 is 6.09 Å². The lowest BCUT2D eigenvalue weighted by atomic mass is 9.90. The molecule has 2 fully saturated rings. The first-order valence-electron chi connectivity index (χ1n) is 8.67. The molecule has 2 aliphatic rings. The number of rotatable bonds is 4. The van der Waals surface area contributed by atoms with E-state index < -0.39 is 0 Å². The third-order valence-electron chi connectivity index (χ3n) is 5.00. The second-order valence-electron chi connectivity index (χ2n) is 6.76. The number of alkyl carbamates (subject to hydrolysis) is 1. The molecule has 1 aromatic rings. The molecular formula is C18H27N3O2. The van der Waals surface area contributed by atoms with E-state index in [0.717, 1.165) is 50.8 Å². The van der Waals surface area contributed by atoms with Crippen molar-refractivity contribution < 1.29 is 9.53 Å². The van der Waals surface area contributed by atoms with E-state index in [1.54, 1.807) is 0 Å². The van der Waals surface area contributed by atoms with Crippen LogP contribution in [0.25, 0.3) is 0 Å². The number of carbonyl (C=O) groups is 1. The van der Waals surface area contributed by atoms with Crippen LogP contribution in [-0.4, -0.2) is 42.2 Å². The van der Waals surface area contributed by atoms with Gasteiger partial charge in [-0.2, -0.15) is 0 Å². The first-order chi connectivity index (χ1) is 11.2. The predicted octanol–water partition coefficient (Wildman–Crippen LogP) is 2.26.